The molecule has 0 aliphatic heterocycles. The van der Waals surface area contributed by atoms with Gasteiger partial charge >= 0.3 is 0 Å². The van der Waals surface area contributed by atoms with E-state index in [9.17, 15) is 4.79 Å². The first-order valence-corrected chi connectivity index (χ1v) is 5.03. The first-order valence-electron chi connectivity index (χ1n) is 3.90. The molecule has 4 heteroatoms. The van der Waals surface area contributed by atoms with Crippen LogP contribution in [-0.4, -0.2) is 6.29 Å². The number of halogens is 3. The van der Waals surface area contributed by atoms with Crippen LogP contribution in [-0.2, 0) is 4.79 Å². The Morgan fingerprint density at radius 1 is 1.14 bits per heavy atom. The van der Waals surface area contributed by atoms with Crippen molar-refractivity contribution in [3.05, 3.63) is 38.8 Å². The van der Waals surface area contributed by atoms with Crippen LogP contribution >= 0.6 is 34.8 Å². The average molecular weight is 250 g/mol. The molecule has 0 heterocycles. The number of allylic oxidation sites excluding steroid dienone is 1. The van der Waals surface area contributed by atoms with Crippen LogP contribution in [0, 0.1) is 0 Å². The van der Waals surface area contributed by atoms with E-state index in [4.69, 9.17) is 34.8 Å². The molecule has 14 heavy (non-hydrogen) atoms. The summed E-state index contributed by atoms with van der Waals surface area (Å²) in [5.41, 5.74) is 0.680. The smallest absolute Gasteiger partial charge is 0.123 e. The third kappa shape index (κ3) is 3.02. The predicted molar refractivity (Wildman–Crippen MR) is 61.2 cm³/mol. The second-order valence-corrected chi connectivity index (χ2v) is 3.84. The monoisotopic (exact) mass is 248 g/mol. The van der Waals surface area contributed by atoms with Crippen molar-refractivity contribution in [2.24, 2.45) is 0 Å². The lowest BCUT2D eigenvalue weighted by molar-refractivity contribution is -0.107. The van der Waals surface area contributed by atoms with Crippen LogP contribution in [0.25, 0.3) is 6.08 Å². The van der Waals surface area contributed by atoms with Crippen LogP contribution in [0.5, 0.6) is 0 Å². The van der Waals surface area contributed by atoms with E-state index in [1.54, 1.807) is 24.3 Å². The second kappa shape index (κ2) is 5.40. The van der Waals surface area contributed by atoms with E-state index in [0.29, 0.717) is 27.1 Å². The van der Waals surface area contributed by atoms with Gasteiger partial charge in [0.05, 0.1) is 10.0 Å². The van der Waals surface area contributed by atoms with E-state index in [2.05, 4.69) is 0 Å². The van der Waals surface area contributed by atoms with E-state index in [1.165, 1.54) is 0 Å². The Morgan fingerprint density at radius 3 is 2.21 bits per heavy atom. The maximum atomic E-state index is 10.1. The molecule has 1 rings (SSSR count). The number of rotatable bonds is 3. The summed E-state index contributed by atoms with van der Waals surface area (Å²) in [5.74, 6) is 0. The van der Waals surface area contributed by atoms with Crippen LogP contribution in [0.4, 0.5) is 0 Å². The molecule has 0 saturated carbocycles. The van der Waals surface area contributed by atoms with Crippen LogP contribution in [0.1, 0.15) is 12.0 Å². The zero-order chi connectivity index (χ0) is 10.6. The Labute approximate surface area is 97.3 Å². The number of hydrogen-bond acceptors (Lipinski definition) is 1. The molecule has 0 aliphatic rings. The molecule has 74 valence electrons. The topological polar surface area (TPSA) is 17.1 Å². The molecule has 0 atom stereocenters. The molecule has 0 amide bonds. The summed E-state index contributed by atoms with van der Waals surface area (Å²) in [6, 6.07) is 3.21. The molecule has 1 nitrogen and oxygen atoms in total. The zero-order valence-electron chi connectivity index (χ0n) is 7.14. The molecule has 0 unspecified atom stereocenters. The van der Waals surface area contributed by atoms with Crippen molar-refractivity contribution in [2.45, 2.75) is 6.42 Å². The van der Waals surface area contributed by atoms with Crippen molar-refractivity contribution in [3.63, 3.8) is 0 Å². The highest BCUT2D eigenvalue weighted by Gasteiger charge is 2.03. The van der Waals surface area contributed by atoms with Gasteiger partial charge in [-0.15, -0.1) is 0 Å². The maximum Gasteiger partial charge on any atom is 0.123 e. The van der Waals surface area contributed by atoms with Gasteiger partial charge in [-0.3, -0.25) is 0 Å². The summed E-state index contributed by atoms with van der Waals surface area (Å²) in [6.07, 6.45) is 4.53. The third-order valence-electron chi connectivity index (χ3n) is 1.56. The quantitative estimate of drug-likeness (QED) is 0.732. The standard InChI is InChI=1S/C10H7Cl3O/c11-7-5-9(12)8(10(13)6-7)3-1-2-4-14/h1,3-6H,2H2/b3-1+. The number of hydrogen-bond donors (Lipinski definition) is 0. The third-order valence-corrected chi connectivity index (χ3v) is 2.40. The number of carbonyl (C=O) groups excluding carboxylic acids is 1. The molecule has 0 radical (unpaired) electrons. The van der Waals surface area contributed by atoms with E-state index < -0.39 is 0 Å². The fraction of sp³-hybridized carbons (Fsp3) is 0.100. The molecular weight excluding hydrogens is 242 g/mol. The van der Waals surface area contributed by atoms with E-state index in [1.807, 2.05) is 0 Å². The predicted octanol–water partition coefficient (Wildman–Crippen LogP) is 4.25. The summed E-state index contributed by atoms with van der Waals surface area (Å²) in [4.78, 5) is 10.1. The Balaban J connectivity index is 3.02. The lowest BCUT2D eigenvalue weighted by atomic mass is 10.2. The summed E-state index contributed by atoms with van der Waals surface area (Å²) < 4.78 is 0. The van der Waals surface area contributed by atoms with Crippen molar-refractivity contribution in [3.8, 4) is 0 Å². The second-order valence-electron chi connectivity index (χ2n) is 2.59. The summed E-state index contributed by atoms with van der Waals surface area (Å²) in [7, 11) is 0. The number of aldehydes is 1. The highest BCUT2D eigenvalue weighted by molar-refractivity contribution is 6.40. The minimum absolute atomic E-state index is 0.343. The van der Waals surface area contributed by atoms with Gasteiger partial charge in [0.1, 0.15) is 6.29 Å². The lowest BCUT2D eigenvalue weighted by Crippen LogP contribution is -1.79. The summed E-state index contributed by atoms with van der Waals surface area (Å²) in [5, 5.41) is 1.45. The van der Waals surface area contributed by atoms with Gasteiger partial charge in [-0.05, 0) is 12.1 Å². The SMILES string of the molecule is O=CC/C=C/c1c(Cl)cc(Cl)cc1Cl. The molecule has 0 saturated heterocycles. The van der Waals surface area contributed by atoms with Gasteiger partial charge in [-0.1, -0.05) is 47.0 Å². The molecule has 0 aromatic heterocycles. The van der Waals surface area contributed by atoms with Crippen molar-refractivity contribution in [1.82, 2.24) is 0 Å². The zero-order valence-corrected chi connectivity index (χ0v) is 9.40. The molecule has 1 aromatic carbocycles. The average Bonchev–Trinajstić information content (AvgIpc) is 2.09. The van der Waals surface area contributed by atoms with Gasteiger partial charge in [0, 0.05) is 17.0 Å². The van der Waals surface area contributed by atoms with Gasteiger partial charge in [0.2, 0.25) is 0 Å². The number of carbonyl (C=O) groups is 1. The van der Waals surface area contributed by atoms with E-state index in [-0.39, 0.29) is 0 Å². The fourth-order valence-corrected chi connectivity index (χ4v) is 1.90. The normalized spacial score (nSPS) is 10.8. The van der Waals surface area contributed by atoms with Crippen molar-refractivity contribution in [1.29, 1.82) is 0 Å². The molecule has 0 spiro atoms. The summed E-state index contributed by atoms with van der Waals surface area (Å²) >= 11 is 17.5. The Bertz CT molecular complexity index is 349. The van der Waals surface area contributed by atoms with Crippen LogP contribution in [0.2, 0.25) is 15.1 Å². The van der Waals surface area contributed by atoms with Gasteiger partial charge < -0.3 is 4.79 Å². The first-order chi connectivity index (χ1) is 6.65. The Hall–Kier alpha value is -0.500. The van der Waals surface area contributed by atoms with Crippen molar-refractivity contribution >= 4 is 47.2 Å². The fourth-order valence-electron chi connectivity index (χ4n) is 0.954. The van der Waals surface area contributed by atoms with E-state index >= 15 is 0 Å². The first kappa shape index (κ1) is 11.6. The van der Waals surface area contributed by atoms with Gasteiger partial charge in [0.25, 0.3) is 0 Å². The molecule has 0 bridgehead atoms. The maximum absolute atomic E-state index is 10.1. The molecule has 0 N–H and O–H groups in total. The van der Waals surface area contributed by atoms with Crippen molar-refractivity contribution in [2.75, 3.05) is 0 Å². The number of benzene rings is 1. The highest BCUT2D eigenvalue weighted by Crippen LogP contribution is 2.29. The molecule has 0 aliphatic carbocycles. The highest BCUT2D eigenvalue weighted by atomic mass is 35.5. The van der Waals surface area contributed by atoms with Gasteiger partial charge in [0.15, 0.2) is 0 Å². The summed E-state index contributed by atoms with van der Waals surface area (Å²) in [6.45, 7) is 0. The van der Waals surface area contributed by atoms with Crippen LogP contribution < -0.4 is 0 Å². The van der Waals surface area contributed by atoms with Crippen LogP contribution in [0.15, 0.2) is 18.2 Å². The molecule has 1 aromatic rings. The minimum Gasteiger partial charge on any atom is -0.303 e. The lowest BCUT2D eigenvalue weighted by Gasteiger charge is -2.02. The molecular formula is C10H7Cl3O. The Kier molecular flexibility index (Phi) is 4.46. The van der Waals surface area contributed by atoms with Crippen molar-refractivity contribution < 1.29 is 4.79 Å². The van der Waals surface area contributed by atoms with Gasteiger partial charge in [-0.25, -0.2) is 0 Å². The largest absolute Gasteiger partial charge is 0.303 e. The molecule has 0 fully saturated rings. The Morgan fingerprint density at radius 2 is 1.71 bits per heavy atom. The van der Waals surface area contributed by atoms with E-state index in [0.717, 1.165) is 6.29 Å². The minimum atomic E-state index is 0.343. The van der Waals surface area contributed by atoms with Crippen LogP contribution in [0.3, 0.4) is 0 Å². The van der Waals surface area contributed by atoms with Gasteiger partial charge in [-0.2, -0.15) is 0 Å².